The molecule has 3 rings (SSSR count). The third-order valence-electron chi connectivity index (χ3n) is 4.13. The molecule has 0 unspecified atom stereocenters. The van der Waals surface area contributed by atoms with Crippen molar-refractivity contribution in [3.05, 3.63) is 56.8 Å². The molecule has 1 saturated heterocycles. The summed E-state index contributed by atoms with van der Waals surface area (Å²) in [5, 5.41) is 14.6. The number of nitrogens with zero attached hydrogens (tertiary/aromatic N) is 2. The lowest BCUT2D eigenvalue weighted by Gasteiger charge is -2.26. The topological polar surface area (TPSA) is 72.7 Å². The van der Waals surface area contributed by atoms with Crippen molar-refractivity contribution in [1.29, 1.82) is 0 Å². The lowest BCUT2D eigenvalue weighted by molar-refractivity contribution is -0.384. The smallest absolute Gasteiger partial charge is 0.310 e. The first-order chi connectivity index (χ1) is 11.6. The molecule has 6 nitrogen and oxygen atoms in total. The summed E-state index contributed by atoms with van der Waals surface area (Å²) < 4.78 is 5.43. The quantitative estimate of drug-likeness (QED) is 0.455. The van der Waals surface area contributed by atoms with Gasteiger partial charge in [-0.05, 0) is 47.4 Å². The third-order valence-corrected chi connectivity index (χ3v) is 4.87. The zero-order valence-corrected chi connectivity index (χ0v) is 13.9. The number of thiophene rings is 1. The van der Waals surface area contributed by atoms with Crippen molar-refractivity contribution in [1.82, 2.24) is 0 Å². The van der Waals surface area contributed by atoms with Gasteiger partial charge >= 0.3 is 5.97 Å². The average molecular weight is 346 g/mol. The monoisotopic (exact) mass is 346 g/mol. The first-order valence-corrected chi connectivity index (χ1v) is 8.75. The van der Waals surface area contributed by atoms with Gasteiger partial charge in [0.25, 0.3) is 5.69 Å². The van der Waals surface area contributed by atoms with E-state index in [1.807, 2.05) is 16.8 Å². The van der Waals surface area contributed by atoms with Crippen LogP contribution in [0.25, 0.3) is 0 Å². The molecular weight excluding hydrogens is 328 g/mol. The lowest BCUT2D eigenvalue weighted by Crippen LogP contribution is -2.34. The van der Waals surface area contributed by atoms with E-state index in [2.05, 4.69) is 4.90 Å². The normalized spacial score (nSPS) is 17.0. The van der Waals surface area contributed by atoms with Crippen LogP contribution in [0.15, 0.2) is 41.1 Å². The molecule has 2 heterocycles. The van der Waals surface area contributed by atoms with E-state index >= 15 is 0 Å². The summed E-state index contributed by atoms with van der Waals surface area (Å²) in [4.78, 5) is 24.4. The molecule has 24 heavy (non-hydrogen) atoms. The van der Waals surface area contributed by atoms with Gasteiger partial charge in [-0.15, -0.1) is 0 Å². The summed E-state index contributed by atoms with van der Waals surface area (Å²) in [6, 6.07) is 8.57. The van der Waals surface area contributed by atoms with E-state index in [9.17, 15) is 14.9 Å². The second-order valence-electron chi connectivity index (χ2n) is 5.75. The molecule has 0 aliphatic carbocycles. The summed E-state index contributed by atoms with van der Waals surface area (Å²) in [6.07, 6.45) is 2.26. The Morgan fingerprint density at radius 2 is 2.12 bits per heavy atom. The van der Waals surface area contributed by atoms with Crippen molar-refractivity contribution < 1.29 is 14.5 Å². The molecule has 1 aliphatic heterocycles. The number of esters is 1. The zero-order chi connectivity index (χ0) is 16.9. The Morgan fingerprint density at radius 1 is 1.33 bits per heavy atom. The van der Waals surface area contributed by atoms with Crippen molar-refractivity contribution in [2.45, 2.75) is 25.3 Å². The number of rotatable bonds is 6. The molecule has 1 fully saturated rings. The lowest BCUT2D eigenvalue weighted by atomic mass is 10.2. The van der Waals surface area contributed by atoms with Crippen molar-refractivity contribution in [2.75, 3.05) is 18.1 Å². The van der Waals surface area contributed by atoms with Gasteiger partial charge in [-0.1, -0.05) is 0 Å². The number of nitro groups is 1. The van der Waals surface area contributed by atoms with Gasteiger partial charge in [-0.3, -0.25) is 14.9 Å². The summed E-state index contributed by atoms with van der Waals surface area (Å²) in [5.41, 5.74) is 1.98. The van der Waals surface area contributed by atoms with Crippen LogP contribution in [0, 0.1) is 10.1 Å². The molecule has 0 spiro atoms. The molecule has 1 aromatic carbocycles. The Bertz CT molecular complexity index is 700. The molecule has 7 heteroatoms. The van der Waals surface area contributed by atoms with Crippen LogP contribution in [0.3, 0.4) is 0 Å². The molecule has 1 aromatic heterocycles. The minimum absolute atomic E-state index is 0.0803. The molecule has 0 radical (unpaired) electrons. The fraction of sp³-hybridized carbons (Fsp3) is 0.353. The second kappa shape index (κ2) is 7.44. The van der Waals surface area contributed by atoms with E-state index in [0.717, 1.165) is 30.6 Å². The highest BCUT2D eigenvalue weighted by atomic mass is 32.1. The maximum atomic E-state index is 11.9. The summed E-state index contributed by atoms with van der Waals surface area (Å²) in [5.74, 6) is -0.219. The number of hydrogen-bond donors (Lipinski definition) is 0. The number of hydrogen-bond acceptors (Lipinski definition) is 6. The third kappa shape index (κ3) is 3.91. The number of non-ortho nitro benzene ring substituents is 1. The minimum Gasteiger partial charge on any atom is -0.463 e. The first-order valence-electron chi connectivity index (χ1n) is 7.81. The number of carbonyl (C=O) groups excluding carboxylic acids is 1. The molecule has 1 atom stereocenters. The van der Waals surface area contributed by atoms with Crippen LogP contribution in [-0.2, 0) is 16.0 Å². The summed E-state index contributed by atoms with van der Waals surface area (Å²) in [6.45, 7) is 1.21. The Hall–Kier alpha value is -2.41. The molecule has 0 saturated carbocycles. The second-order valence-corrected chi connectivity index (χ2v) is 6.53. The Labute approximate surface area is 143 Å². The van der Waals surface area contributed by atoms with Gasteiger partial charge in [-0.25, -0.2) is 0 Å². The Kier molecular flexibility index (Phi) is 5.10. The predicted octanol–water partition coefficient (Wildman–Crippen LogP) is 3.41. The fourth-order valence-corrected chi connectivity index (χ4v) is 3.58. The van der Waals surface area contributed by atoms with Gasteiger partial charge < -0.3 is 9.64 Å². The highest BCUT2D eigenvalue weighted by Crippen LogP contribution is 2.27. The van der Waals surface area contributed by atoms with Crippen LogP contribution in [0.4, 0.5) is 11.4 Å². The number of nitro benzene ring substituents is 1. The van der Waals surface area contributed by atoms with Crippen molar-refractivity contribution in [3.63, 3.8) is 0 Å². The van der Waals surface area contributed by atoms with Gasteiger partial charge in [0.1, 0.15) is 6.61 Å². The van der Waals surface area contributed by atoms with E-state index in [4.69, 9.17) is 4.74 Å². The van der Waals surface area contributed by atoms with Gasteiger partial charge in [-0.2, -0.15) is 11.3 Å². The van der Waals surface area contributed by atoms with Gasteiger partial charge in [0.05, 0.1) is 17.4 Å². The van der Waals surface area contributed by atoms with Crippen LogP contribution in [0.1, 0.15) is 18.4 Å². The maximum absolute atomic E-state index is 11.9. The van der Waals surface area contributed by atoms with Gasteiger partial charge in [0, 0.05) is 24.4 Å². The van der Waals surface area contributed by atoms with Gasteiger partial charge in [0.15, 0.2) is 0 Å². The molecule has 0 bridgehead atoms. The van der Waals surface area contributed by atoms with Crippen LogP contribution < -0.4 is 4.90 Å². The molecule has 2 aromatic rings. The number of ether oxygens (including phenoxy) is 1. The molecule has 126 valence electrons. The number of anilines is 1. The van der Waals surface area contributed by atoms with E-state index in [0.29, 0.717) is 13.0 Å². The average Bonchev–Trinajstić information content (AvgIpc) is 3.24. The van der Waals surface area contributed by atoms with Crippen molar-refractivity contribution in [3.8, 4) is 0 Å². The SMILES string of the molecule is O=C(Cc1ccsc1)OC[C@@H]1CCCN1c1ccc([N+](=O)[O-])cc1. The Morgan fingerprint density at radius 3 is 2.79 bits per heavy atom. The highest BCUT2D eigenvalue weighted by molar-refractivity contribution is 7.07. The van der Waals surface area contributed by atoms with Crippen molar-refractivity contribution in [2.24, 2.45) is 0 Å². The summed E-state index contributed by atoms with van der Waals surface area (Å²) >= 11 is 1.56. The zero-order valence-electron chi connectivity index (χ0n) is 13.1. The van der Waals surface area contributed by atoms with Crippen molar-refractivity contribution >= 4 is 28.7 Å². The van der Waals surface area contributed by atoms with E-state index < -0.39 is 4.92 Å². The summed E-state index contributed by atoms with van der Waals surface area (Å²) in [7, 11) is 0. The first kappa shape index (κ1) is 16.4. The van der Waals surface area contributed by atoms with E-state index in [1.165, 1.54) is 12.1 Å². The standard InChI is InChI=1S/C17H18N2O4S/c20-17(10-13-7-9-24-12-13)23-11-16-2-1-8-18(16)14-3-5-15(6-4-14)19(21)22/h3-7,9,12,16H,1-2,8,10-11H2/t16-/m0/s1. The predicted molar refractivity (Wildman–Crippen MR) is 92.4 cm³/mol. The molecular formula is C17H18N2O4S. The van der Waals surface area contributed by atoms with E-state index in [-0.39, 0.29) is 17.7 Å². The largest absolute Gasteiger partial charge is 0.463 e. The van der Waals surface area contributed by atoms with Gasteiger partial charge in [0.2, 0.25) is 0 Å². The number of carbonyl (C=O) groups is 1. The molecule has 0 amide bonds. The highest BCUT2D eigenvalue weighted by Gasteiger charge is 2.26. The number of benzene rings is 1. The molecule has 1 aliphatic rings. The minimum atomic E-state index is -0.405. The fourth-order valence-electron chi connectivity index (χ4n) is 2.91. The van der Waals surface area contributed by atoms with Crippen LogP contribution >= 0.6 is 11.3 Å². The van der Waals surface area contributed by atoms with Crippen LogP contribution in [-0.4, -0.2) is 30.1 Å². The van der Waals surface area contributed by atoms with Crippen LogP contribution in [0.5, 0.6) is 0 Å². The van der Waals surface area contributed by atoms with Crippen LogP contribution in [0.2, 0.25) is 0 Å². The Balaban J connectivity index is 1.57. The van der Waals surface area contributed by atoms with E-state index in [1.54, 1.807) is 23.5 Å². The maximum Gasteiger partial charge on any atom is 0.310 e. The molecule has 0 N–H and O–H groups in total.